The smallest absolute Gasteiger partial charge is 0.229 e. The van der Waals surface area contributed by atoms with Crippen molar-refractivity contribution in [3.63, 3.8) is 0 Å². The number of fused-ring (bicyclic) bond motifs is 1. The molecule has 1 atom stereocenters. The quantitative estimate of drug-likeness (QED) is 0.732. The number of hydrogen-bond donors (Lipinski definition) is 1. The number of amides is 1. The van der Waals surface area contributed by atoms with E-state index in [4.69, 9.17) is 9.72 Å². The minimum Gasteiger partial charge on any atom is -0.494 e. The molecular formula is C22H24N4O2. The molecule has 1 aliphatic rings. The number of anilines is 2. The maximum absolute atomic E-state index is 12.8. The molecule has 2 aromatic carbocycles. The lowest BCUT2D eigenvalue weighted by atomic mass is 9.97. The third-order valence-electron chi connectivity index (χ3n) is 4.98. The molecule has 0 saturated carbocycles. The minimum atomic E-state index is -0.0754. The first kappa shape index (κ1) is 18.2. The molecule has 4 rings (SSSR count). The first-order chi connectivity index (χ1) is 13.7. The SMILES string of the molecule is CCOc1ccc(NC(=O)[C@H]2CCCN(c3cnc4ccccc4n3)C2)cc1. The number of hydrogen-bond acceptors (Lipinski definition) is 5. The molecule has 1 fully saturated rings. The standard InChI is InChI=1S/C22H24N4O2/c1-2-28-18-11-9-17(10-12-18)24-22(27)16-6-5-13-26(15-16)21-14-23-19-7-3-4-8-20(19)25-21/h3-4,7-12,14,16H,2,5-6,13,15H2,1H3,(H,24,27)/t16-/m0/s1. The number of para-hydroxylation sites is 2. The minimum absolute atomic E-state index is 0.0441. The molecule has 1 aromatic heterocycles. The first-order valence-corrected chi connectivity index (χ1v) is 9.73. The Labute approximate surface area is 164 Å². The highest BCUT2D eigenvalue weighted by Crippen LogP contribution is 2.24. The van der Waals surface area contributed by atoms with E-state index in [-0.39, 0.29) is 11.8 Å². The average molecular weight is 376 g/mol. The summed E-state index contributed by atoms with van der Waals surface area (Å²) in [7, 11) is 0. The van der Waals surface area contributed by atoms with E-state index in [1.54, 1.807) is 6.20 Å². The van der Waals surface area contributed by atoms with Crippen LogP contribution in [0.3, 0.4) is 0 Å². The van der Waals surface area contributed by atoms with Crippen molar-refractivity contribution in [2.24, 2.45) is 5.92 Å². The second-order valence-corrected chi connectivity index (χ2v) is 6.95. The van der Waals surface area contributed by atoms with Crippen LogP contribution in [0, 0.1) is 5.92 Å². The van der Waals surface area contributed by atoms with Crippen molar-refractivity contribution in [1.29, 1.82) is 0 Å². The second-order valence-electron chi connectivity index (χ2n) is 6.95. The van der Waals surface area contributed by atoms with Crippen LogP contribution in [0.1, 0.15) is 19.8 Å². The molecule has 0 unspecified atom stereocenters. The first-order valence-electron chi connectivity index (χ1n) is 9.73. The Morgan fingerprint density at radius 2 is 1.96 bits per heavy atom. The van der Waals surface area contributed by atoms with Gasteiger partial charge in [-0.15, -0.1) is 0 Å². The number of piperidine rings is 1. The summed E-state index contributed by atoms with van der Waals surface area (Å²) in [6.45, 7) is 4.11. The summed E-state index contributed by atoms with van der Waals surface area (Å²) in [6.07, 6.45) is 3.63. The molecule has 2 heterocycles. The fourth-order valence-corrected chi connectivity index (χ4v) is 3.54. The lowest BCUT2D eigenvalue weighted by molar-refractivity contribution is -0.120. The summed E-state index contributed by atoms with van der Waals surface area (Å²) in [6, 6.07) is 15.3. The van der Waals surface area contributed by atoms with Gasteiger partial charge in [0.1, 0.15) is 11.6 Å². The van der Waals surface area contributed by atoms with Crippen LogP contribution in [-0.4, -0.2) is 35.6 Å². The second kappa shape index (κ2) is 8.25. The van der Waals surface area contributed by atoms with Gasteiger partial charge in [-0.2, -0.15) is 0 Å². The van der Waals surface area contributed by atoms with Crippen molar-refractivity contribution in [2.75, 3.05) is 29.9 Å². The van der Waals surface area contributed by atoms with E-state index in [2.05, 4.69) is 15.2 Å². The van der Waals surface area contributed by atoms with E-state index in [0.717, 1.165) is 47.7 Å². The Bertz CT molecular complexity index is 958. The van der Waals surface area contributed by atoms with Gasteiger partial charge in [-0.25, -0.2) is 4.98 Å². The number of carbonyl (C=O) groups excluding carboxylic acids is 1. The average Bonchev–Trinajstić information content (AvgIpc) is 2.75. The van der Waals surface area contributed by atoms with E-state index >= 15 is 0 Å². The van der Waals surface area contributed by atoms with Gasteiger partial charge in [0.15, 0.2) is 0 Å². The van der Waals surface area contributed by atoms with E-state index < -0.39 is 0 Å². The molecule has 6 nitrogen and oxygen atoms in total. The van der Waals surface area contributed by atoms with Crippen LogP contribution in [-0.2, 0) is 4.79 Å². The molecule has 6 heteroatoms. The lowest BCUT2D eigenvalue weighted by Crippen LogP contribution is -2.41. The van der Waals surface area contributed by atoms with Crippen LogP contribution in [0.25, 0.3) is 11.0 Å². The summed E-state index contributed by atoms with van der Waals surface area (Å²) in [5.41, 5.74) is 2.55. The molecular weight excluding hydrogens is 352 g/mol. The zero-order valence-corrected chi connectivity index (χ0v) is 16.0. The van der Waals surface area contributed by atoms with Crippen LogP contribution >= 0.6 is 0 Å². The summed E-state index contributed by atoms with van der Waals surface area (Å²) in [5.74, 6) is 1.60. The molecule has 0 radical (unpaired) electrons. The van der Waals surface area contributed by atoms with Crippen molar-refractivity contribution in [2.45, 2.75) is 19.8 Å². The topological polar surface area (TPSA) is 67.3 Å². The Hall–Kier alpha value is -3.15. The van der Waals surface area contributed by atoms with Gasteiger partial charge in [0.25, 0.3) is 0 Å². The number of carbonyl (C=O) groups is 1. The fraction of sp³-hybridized carbons (Fsp3) is 0.318. The van der Waals surface area contributed by atoms with Crippen molar-refractivity contribution >= 4 is 28.4 Å². The highest BCUT2D eigenvalue weighted by Gasteiger charge is 2.27. The number of benzene rings is 2. The van der Waals surface area contributed by atoms with Gasteiger partial charge in [0.2, 0.25) is 5.91 Å². The van der Waals surface area contributed by atoms with Gasteiger partial charge >= 0.3 is 0 Å². The highest BCUT2D eigenvalue weighted by atomic mass is 16.5. The lowest BCUT2D eigenvalue weighted by Gasteiger charge is -2.32. The Balaban J connectivity index is 1.42. The molecule has 0 spiro atoms. The van der Waals surface area contributed by atoms with Gasteiger partial charge in [0, 0.05) is 18.8 Å². The molecule has 144 valence electrons. The van der Waals surface area contributed by atoms with E-state index in [1.807, 2.05) is 55.5 Å². The van der Waals surface area contributed by atoms with E-state index in [9.17, 15) is 4.79 Å². The highest BCUT2D eigenvalue weighted by molar-refractivity contribution is 5.93. The predicted molar refractivity (Wildman–Crippen MR) is 111 cm³/mol. The van der Waals surface area contributed by atoms with Crippen LogP contribution in [0.2, 0.25) is 0 Å². The van der Waals surface area contributed by atoms with Crippen molar-refractivity contribution in [3.8, 4) is 5.75 Å². The van der Waals surface area contributed by atoms with Gasteiger partial charge in [-0.3, -0.25) is 9.78 Å². The van der Waals surface area contributed by atoms with Gasteiger partial charge < -0.3 is 15.0 Å². The van der Waals surface area contributed by atoms with Crippen LogP contribution < -0.4 is 15.0 Å². The molecule has 3 aromatic rings. The van der Waals surface area contributed by atoms with E-state index in [0.29, 0.717) is 13.2 Å². The van der Waals surface area contributed by atoms with Crippen LogP contribution in [0.5, 0.6) is 5.75 Å². The van der Waals surface area contributed by atoms with Crippen molar-refractivity contribution < 1.29 is 9.53 Å². The molecule has 1 amide bonds. The monoisotopic (exact) mass is 376 g/mol. The zero-order valence-electron chi connectivity index (χ0n) is 16.0. The summed E-state index contributed by atoms with van der Waals surface area (Å²) in [5, 5.41) is 3.03. The predicted octanol–water partition coefficient (Wildman–Crippen LogP) is 3.88. The number of nitrogens with one attached hydrogen (secondary N) is 1. The summed E-state index contributed by atoms with van der Waals surface area (Å²) in [4.78, 5) is 24.1. The van der Waals surface area contributed by atoms with E-state index in [1.165, 1.54) is 0 Å². The maximum Gasteiger partial charge on any atom is 0.229 e. The zero-order chi connectivity index (χ0) is 19.3. The number of ether oxygens (including phenoxy) is 1. The third kappa shape index (κ3) is 4.06. The number of nitrogens with zero attached hydrogens (tertiary/aromatic N) is 3. The molecule has 0 aliphatic carbocycles. The van der Waals surface area contributed by atoms with Crippen LogP contribution in [0.15, 0.2) is 54.7 Å². The Morgan fingerprint density at radius 1 is 1.18 bits per heavy atom. The van der Waals surface area contributed by atoms with Gasteiger partial charge in [-0.05, 0) is 56.2 Å². The number of aromatic nitrogens is 2. The Kier molecular flexibility index (Phi) is 5.37. The third-order valence-corrected chi connectivity index (χ3v) is 4.98. The van der Waals surface area contributed by atoms with Crippen LogP contribution in [0.4, 0.5) is 11.5 Å². The molecule has 1 saturated heterocycles. The number of rotatable bonds is 5. The largest absolute Gasteiger partial charge is 0.494 e. The van der Waals surface area contributed by atoms with Crippen molar-refractivity contribution in [1.82, 2.24) is 9.97 Å². The van der Waals surface area contributed by atoms with Crippen molar-refractivity contribution in [3.05, 3.63) is 54.7 Å². The molecule has 0 bridgehead atoms. The van der Waals surface area contributed by atoms with Gasteiger partial charge in [0.05, 0.1) is 29.8 Å². The maximum atomic E-state index is 12.8. The summed E-state index contributed by atoms with van der Waals surface area (Å²) >= 11 is 0. The van der Waals surface area contributed by atoms with Gasteiger partial charge in [-0.1, -0.05) is 12.1 Å². The molecule has 1 aliphatic heterocycles. The Morgan fingerprint density at radius 3 is 2.75 bits per heavy atom. The summed E-state index contributed by atoms with van der Waals surface area (Å²) < 4.78 is 5.44. The normalized spacial score (nSPS) is 16.8. The fourth-order valence-electron chi connectivity index (χ4n) is 3.54. The molecule has 1 N–H and O–H groups in total. The molecule has 28 heavy (non-hydrogen) atoms.